The van der Waals surface area contributed by atoms with Crippen molar-refractivity contribution in [3.63, 3.8) is 0 Å². The molecule has 0 saturated heterocycles. The Morgan fingerprint density at radius 1 is 0.667 bits per heavy atom. The minimum absolute atomic E-state index is 0.145. The highest BCUT2D eigenvalue weighted by Crippen LogP contribution is 2.42. The van der Waals surface area contributed by atoms with Crippen LogP contribution in [-0.2, 0) is 32.2 Å². The van der Waals surface area contributed by atoms with Gasteiger partial charge in [-0.2, -0.15) is 0 Å². The van der Waals surface area contributed by atoms with E-state index in [0.717, 1.165) is 33.6 Å². The molecule has 0 saturated carbocycles. The number of methoxy groups -OCH3 is 2. The first-order chi connectivity index (χ1) is 37.8. The van der Waals surface area contributed by atoms with Crippen LogP contribution in [0.5, 0.6) is 11.5 Å². The van der Waals surface area contributed by atoms with Gasteiger partial charge in [-0.3, -0.25) is 47.8 Å². The number of amides is 1. The minimum atomic E-state index is -0.490. The van der Waals surface area contributed by atoms with Crippen molar-refractivity contribution in [1.82, 2.24) is 48.7 Å². The molecule has 0 fully saturated rings. The number of rotatable bonds is 22. The molecule has 10 rings (SSSR count). The summed E-state index contributed by atoms with van der Waals surface area (Å²) in [5.74, 6) is 1.99. The third-order valence-corrected chi connectivity index (χ3v) is 14.3. The van der Waals surface area contributed by atoms with Gasteiger partial charge in [-0.1, -0.05) is 17.3 Å². The highest BCUT2D eigenvalue weighted by atomic mass is 16.5. The average molecular weight is 1060 g/mol. The lowest BCUT2D eigenvalue weighted by Crippen LogP contribution is -2.35. The normalized spacial score (nSPS) is 12.5. The van der Waals surface area contributed by atoms with Crippen molar-refractivity contribution in [2.24, 2.45) is 0 Å². The fourth-order valence-electron chi connectivity index (χ4n) is 10.5. The van der Waals surface area contributed by atoms with Crippen LogP contribution in [0.25, 0.3) is 66.1 Å². The van der Waals surface area contributed by atoms with E-state index in [1.54, 1.807) is 54.4 Å². The number of aromatic nitrogens is 9. The van der Waals surface area contributed by atoms with E-state index in [0.29, 0.717) is 91.2 Å². The van der Waals surface area contributed by atoms with Gasteiger partial charge in [0.05, 0.1) is 127 Å². The molecule has 1 amide bonds. The monoisotopic (exact) mass is 1060 g/mol. The average Bonchev–Trinajstić information content (AvgIpc) is 4.30. The molecule has 1 N–H and O–H groups in total. The van der Waals surface area contributed by atoms with Crippen LogP contribution >= 0.6 is 0 Å². The van der Waals surface area contributed by atoms with Gasteiger partial charge >= 0.3 is 11.4 Å². The summed E-state index contributed by atoms with van der Waals surface area (Å²) in [6.45, 7) is 12.2. The molecule has 78 heavy (non-hydrogen) atoms. The van der Waals surface area contributed by atoms with Crippen LogP contribution in [0, 0.1) is 27.7 Å². The minimum Gasteiger partial charge on any atom is -0.496 e. The fraction of sp³-hybridized carbons (Fsp3) is 0.328. The van der Waals surface area contributed by atoms with E-state index in [1.165, 1.54) is 9.13 Å². The van der Waals surface area contributed by atoms with Gasteiger partial charge in [-0.25, -0.2) is 9.59 Å². The van der Waals surface area contributed by atoms with Gasteiger partial charge in [0.25, 0.3) is 0 Å². The largest absolute Gasteiger partial charge is 0.496 e. The first-order valence-electron chi connectivity index (χ1n) is 25.8. The highest BCUT2D eigenvalue weighted by Gasteiger charge is 2.28. The van der Waals surface area contributed by atoms with E-state index in [2.05, 4.69) is 20.4 Å². The maximum Gasteiger partial charge on any atom is 0.330 e. The van der Waals surface area contributed by atoms with Gasteiger partial charge in [-0.05, 0) is 102 Å². The Labute approximate surface area is 447 Å². The van der Waals surface area contributed by atoms with Gasteiger partial charge in [0, 0.05) is 59.4 Å². The molecule has 8 aromatic heterocycles. The molecule has 402 valence electrons. The number of ketones is 1. The van der Waals surface area contributed by atoms with E-state index in [-0.39, 0.29) is 63.3 Å². The molecule has 0 radical (unpaired) electrons. The van der Waals surface area contributed by atoms with E-state index in [9.17, 15) is 19.2 Å². The number of benzene rings is 2. The van der Waals surface area contributed by atoms with Gasteiger partial charge in [0.2, 0.25) is 5.91 Å². The Kier molecular flexibility index (Phi) is 15.2. The Morgan fingerprint density at radius 2 is 1.22 bits per heavy atom. The first kappa shape index (κ1) is 52.7. The Hall–Kier alpha value is -8.75. The van der Waals surface area contributed by atoms with Crippen molar-refractivity contribution in [3.8, 4) is 33.8 Å². The van der Waals surface area contributed by atoms with Crippen LogP contribution in [0.2, 0.25) is 0 Å². The SMILES string of the molecule is COc1cc2c(cc1-c1c(C)coc1C)ncc1c2n([C@H](C)c2ccccn2)c(=O)n1CC(=O)NCCOCCOCCCC(=O)Cn1c(=O)n([C@H](C)c2ccccn2)c2c3cc(OC)c(-c4c(C)noc4C)cc3ncc21. The summed E-state index contributed by atoms with van der Waals surface area (Å²) in [5.41, 5.74) is 8.99. The number of Topliss-reactive ketones (excluding diaryl/α,β-unsaturated/α-hetero) is 1. The van der Waals surface area contributed by atoms with Crippen LogP contribution in [0.15, 0.2) is 110 Å². The number of carbonyl (C=O) groups is 2. The van der Waals surface area contributed by atoms with E-state index in [4.69, 9.17) is 37.9 Å². The predicted molar refractivity (Wildman–Crippen MR) is 293 cm³/mol. The quantitative estimate of drug-likeness (QED) is 0.0629. The number of imidazole rings is 2. The second-order valence-electron chi connectivity index (χ2n) is 19.2. The topological polar surface area (TPSA) is 228 Å². The smallest absolute Gasteiger partial charge is 0.330 e. The molecule has 2 atom stereocenters. The van der Waals surface area contributed by atoms with Crippen LogP contribution in [0.3, 0.4) is 0 Å². The third-order valence-electron chi connectivity index (χ3n) is 14.3. The molecule has 0 aliphatic carbocycles. The number of hydrogen-bond donors (Lipinski definition) is 1. The molecule has 8 heterocycles. The zero-order valence-corrected chi connectivity index (χ0v) is 44.8. The lowest BCUT2D eigenvalue weighted by molar-refractivity contribution is -0.122. The Bertz CT molecular complexity index is 3690. The maximum atomic E-state index is 14.4. The number of carbonyl (C=O) groups excluding carboxylic acids is 2. The number of furan rings is 1. The molecule has 10 aromatic rings. The molecule has 0 unspecified atom stereocenters. The number of fused-ring (bicyclic) bond motifs is 6. The van der Waals surface area contributed by atoms with E-state index in [1.807, 2.05) is 102 Å². The summed E-state index contributed by atoms with van der Waals surface area (Å²) >= 11 is 0. The van der Waals surface area contributed by atoms with Crippen LogP contribution < -0.4 is 26.2 Å². The summed E-state index contributed by atoms with van der Waals surface area (Å²) < 4.78 is 40.8. The maximum absolute atomic E-state index is 14.4. The number of ether oxygens (including phenoxy) is 4. The first-order valence-corrected chi connectivity index (χ1v) is 25.8. The third kappa shape index (κ3) is 9.95. The molecule has 0 aliphatic rings. The van der Waals surface area contributed by atoms with E-state index >= 15 is 0 Å². The van der Waals surface area contributed by atoms with Crippen molar-refractivity contribution in [2.45, 2.75) is 79.6 Å². The summed E-state index contributed by atoms with van der Waals surface area (Å²) in [7, 11) is 3.18. The van der Waals surface area contributed by atoms with Crippen molar-refractivity contribution in [1.29, 1.82) is 0 Å². The number of nitrogens with one attached hydrogen (secondary N) is 1. The summed E-state index contributed by atoms with van der Waals surface area (Å²) in [6, 6.07) is 17.7. The van der Waals surface area contributed by atoms with Crippen molar-refractivity contribution < 1.29 is 37.5 Å². The van der Waals surface area contributed by atoms with Crippen LogP contribution in [0.4, 0.5) is 0 Å². The lowest BCUT2D eigenvalue weighted by Gasteiger charge is -2.15. The summed E-state index contributed by atoms with van der Waals surface area (Å²) in [6.07, 6.45) is 8.94. The van der Waals surface area contributed by atoms with Crippen molar-refractivity contribution >= 4 is 55.6 Å². The Morgan fingerprint density at radius 3 is 1.72 bits per heavy atom. The second-order valence-corrected chi connectivity index (χ2v) is 19.2. The molecule has 0 aliphatic heterocycles. The molecular weight excluding hydrogens is 997 g/mol. The van der Waals surface area contributed by atoms with Crippen molar-refractivity contribution in [2.75, 3.05) is 47.2 Å². The summed E-state index contributed by atoms with van der Waals surface area (Å²) in [5, 5.41) is 8.35. The molecule has 2 aromatic carbocycles. The predicted octanol–water partition coefficient (Wildman–Crippen LogP) is 8.39. The number of nitrogens with zero attached hydrogens (tertiary/aromatic N) is 9. The van der Waals surface area contributed by atoms with Crippen LogP contribution in [0.1, 0.15) is 72.9 Å². The summed E-state index contributed by atoms with van der Waals surface area (Å²) in [4.78, 5) is 74.6. The zero-order chi connectivity index (χ0) is 54.8. The molecule has 0 bridgehead atoms. The molecule has 20 heteroatoms. The van der Waals surface area contributed by atoms with Gasteiger partial charge in [0.1, 0.15) is 29.6 Å². The lowest BCUT2D eigenvalue weighted by atomic mass is 9.99. The van der Waals surface area contributed by atoms with Gasteiger partial charge < -0.3 is 33.2 Å². The van der Waals surface area contributed by atoms with Crippen LogP contribution in [-0.4, -0.2) is 102 Å². The second kappa shape index (κ2) is 22.5. The Balaban J connectivity index is 0.752. The fourth-order valence-corrected chi connectivity index (χ4v) is 10.5. The van der Waals surface area contributed by atoms with E-state index < -0.39 is 17.8 Å². The van der Waals surface area contributed by atoms with Crippen molar-refractivity contribution in [3.05, 3.63) is 147 Å². The zero-order valence-electron chi connectivity index (χ0n) is 44.8. The van der Waals surface area contributed by atoms with Gasteiger partial charge in [0.15, 0.2) is 5.78 Å². The number of pyridine rings is 4. The number of hydrogen-bond acceptors (Lipinski definition) is 15. The number of aryl methyl sites for hydroxylation is 4. The standard InChI is InChI=1S/C58H60N10O10/c1-33-32-77-37(5)53(33)42-24-46-40(26-50(42)73-7)56-49(29-63-46)66(58(72)68(56)36(4)45-16-10-12-18-60-45)31-52(70)61-19-21-76-23-22-75-20-13-14-39(69)30-65-48-28-62-47-25-43(54-34(2)64-78-38(54)6)51(74-8)27-41(47)55(48)67(57(65)71)35(3)44-15-9-11-17-59-44/h9-12,15-18,24-29,32,35-36H,13-14,19-23,30-31H2,1-8H3,(H,61,70)/t35-,36-/m1/s1. The highest BCUT2D eigenvalue weighted by molar-refractivity contribution is 6.06. The molecule has 20 nitrogen and oxygen atoms in total. The van der Waals surface area contributed by atoms with Gasteiger partial charge in [-0.15, -0.1) is 0 Å². The molecule has 0 spiro atoms. The molecular formula is C58H60N10O10.